The molecule has 0 aliphatic heterocycles. The number of carbonyl (C=O) groups is 1. The average Bonchev–Trinajstić information content (AvgIpc) is 3.13. The lowest BCUT2D eigenvalue weighted by molar-refractivity contribution is -0.113. The molecule has 1 N–H and O–H groups in total. The molecule has 0 aliphatic carbocycles. The summed E-state index contributed by atoms with van der Waals surface area (Å²) >= 11 is 13.3. The highest BCUT2D eigenvalue weighted by Gasteiger charge is 2.20. The number of thioether (sulfide) groups is 1. The minimum atomic E-state index is -0.348. The average molecular weight is 451 g/mol. The summed E-state index contributed by atoms with van der Waals surface area (Å²) in [6.07, 6.45) is -0.348. The third kappa shape index (κ3) is 5.65. The Morgan fingerprint density at radius 3 is 2.59 bits per heavy atom. The van der Waals surface area contributed by atoms with E-state index in [-0.39, 0.29) is 17.8 Å². The molecule has 3 rings (SSSR count). The minimum absolute atomic E-state index is 0.134. The number of nitrogens with one attached hydrogen (secondary N) is 1. The van der Waals surface area contributed by atoms with E-state index in [9.17, 15) is 4.79 Å². The first-order valence-electron chi connectivity index (χ1n) is 9.00. The Morgan fingerprint density at radius 2 is 1.90 bits per heavy atom. The summed E-state index contributed by atoms with van der Waals surface area (Å²) < 4.78 is 7.88. The Morgan fingerprint density at radius 1 is 1.17 bits per heavy atom. The summed E-state index contributed by atoms with van der Waals surface area (Å²) in [5, 5.41) is 13.1. The number of benzene rings is 2. The summed E-state index contributed by atoms with van der Waals surface area (Å²) in [7, 11) is 0. The van der Waals surface area contributed by atoms with Crippen LogP contribution in [0, 0.1) is 0 Å². The maximum absolute atomic E-state index is 12.2. The number of rotatable bonds is 8. The van der Waals surface area contributed by atoms with Crippen LogP contribution in [0.3, 0.4) is 0 Å². The molecule has 0 aliphatic rings. The van der Waals surface area contributed by atoms with Gasteiger partial charge in [0.15, 0.2) is 17.1 Å². The summed E-state index contributed by atoms with van der Waals surface area (Å²) in [5.74, 6) is 1.34. The molecule has 1 amide bonds. The van der Waals surface area contributed by atoms with Gasteiger partial charge in [0.25, 0.3) is 0 Å². The van der Waals surface area contributed by atoms with Gasteiger partial charge in [0.1, 0.15) is 5.75 Å². The molecule has 29 heavy (non-hydrogen) atoms. The van der Waals surface area contributed by atoms with Crippen LogP contribution in [0.5, 0.6) is 5.75 Å². The van der Waals surface area contributed by atoms with Crippen molar-refractivity contribution >= 4 is 46.6 Å². The fourth-order valence-electron chi connectivity index (χ4n) is 2.65. The lowest BCUT2D eigenvalue weighted by Crippen LogP contribution is -2.15. The highest BCUT2D eigenvalue weighted by Crippen LogP contribution is 2.29. The van der Waals surface area contributed by atoms with Crippen molar-refractivity contribution in [1.82, 2.24) is 14.8 Å². The van der Waals surface area contributed by atoms with Gasteiger partial charge in [0.05, 0.1) is 10.8 Å². The maximum Gasteiger partial charge on any atom is 0.234 e. The first-order chi connectivity index (χ1) is 14.0. The fourth-order valence-corrected chi connectivity index (χ4v) is 3.76. The van der Waals surface area contributed by atoms with E-state index in [1.54, 1.807) is 30.3 Å². The number of ether oxygens (including phenoxy) is 1. The molecule has 1 heterocycles. The molecule has 2 aromatic carbocycles. The second-order valence-corrected chi connectivity index (χ2v) is 7.91. The van der Waals surface area contributed by atoms with Crippen LogP contribution >= 0.6 is 35.0 Å². The summed E-state index contributed by atoms with van der Waals surface area (Å²) in [6.45, 7) is 4.54. The number of carbonyl (C=O) groups excluding carboxylic acids is 1. The first kappa shape index (κ1) is 21.5. The molecule has 152 valence electrons. The second kappa shape index (κ2) is 10.0. The van der Waals surface area contributed by atoms with E-state index in [1.165, 1.54) is 11.8 Å². The van der Waals surface area contributed by atoms with E-state index in [2.05, 4.69) is 15.5 Å². The molecule has 0 radical (unpaired) electrons. The van der Waals surface area contributed by atoms with Crippen LogP contribution in [0.15, 0.2) is 53.7 Å². The number of hydrogen-bond acceptors (Lipinski definition) is 5. The van der Waals surface area contributed by atoms with Gasteiger partial charge in [-0.2, -0.15) is 0 Å². The van der Waals surface area contributed by atoms with Crippen molar-refractivity contribution < 1.29 is 9.53 Å². The number of anilines is 1. The topological polar surface area (TPSA) is 69.0 Å². The molecular formula is C20H20Cl2N4O2S. The van der Waals surface area contributed by atoms with Gasteiger partial charge < -0.3 is 14.6 Å². The number of hydrogen-bond donors (Lipinski definition) is 1. The van der Waals surface area contributed by atoms with E-state index in [4.69, 9.17) is 27.9 Å². The van der Waals surface area contributed by atoms with E-state index in [1.807, 2.05) is 36.6 Å². The van der Waals surface area contributed by atoms with Gasteiger partial charge in [-0.15, -0.1) is 10.2 Å². The molecule has 3 aromatic rings. The van der Waals surface area contributed by atoms with Crippen LogP contribution < -0.4 is 10.1 Å². The molecule has 0 saturated heterocycles. The van der Waals surface area contributed by atoms with Crippen LogP contribution in [0.1, 0.15) is 25.8 Å². The number of amides is 1. The zero-order valence-corrected chi connectivity index (χ0v) is 18.3. The van der Waals surface area contributed by atoms with Gasteiger partial charge in [-0.1, -0.05) is 47.1 Å². The van der Waals surface area contributed by atoms with Gasteiger partial charge in [0, 0.05) is 17.3 Å². The summed E-state index contributed by atoms with van der Waals surface area (Å²) in [4.78, 5) is 12.2. The van der Waals surface area contributed by atoms with Crippen molar-refractivity contribution in [2.75, 3.05) is 11.1 Å². The standard InChI is InChI=1S/C20H20Cl2N4O2S/c1-3-26-19(13(2)28-17-7-5-4-6-16(17)22)24-25-20(26)29-12-18(27)23-15-10-8-14(21)9-11-15/h4-11,13H,3,12H2,1-2H3,(H,23,27)/t13-/m1/s1. The van der Waals surface area contributed by atoms with Crippen LogP contribution in [0.4, 0.5) is 5.69 Å². The molecule has 1 atom stereocenters. The molecule has 6 nitrogen and oxygen atoms in total. The van der Waals surface area contributed by atoms with Crippen LogP contribution in [0.2, 0.25) is 10.0 Å². The van der Waals surface area contributed by atoms with Gasteiger partial charge in [-0.25, -0.2) is 0 Å². The smallest absolute Gasteiger partial charge is 0.234 e. The molecule has 0 unspecified atom stereocenters. The van der Waals surface area contributed by atoms with E-state index in [0.29, 0.717) is 39.0 Å². The Bertz CT molecular complexity index is 979. The Hall–Kier alpha value is -2.22. The highest BCUT2D eigenvalue weighted by molar-refractivity contribution is 7.99. The minimum Gasteiger partial charge on any atom is -0.481 e. The van der Waals surface area contributed by atoms with Gasteiger partial charge in [0.2, 0.25) is 5.91 Å². The Balaban J connectivity index is 1.63. The quantitative estimate of drug-likeness (QED) is 0.460. The van der Waals surface area contributed by atoms with Crippen molar-refractivity contribution in [3.05, 3.63) is 64.4 Å². The van der Waals surface area contributed by atoms with Crippen molar-refractivity contribution in [1.29, 1.82) is 0 Å². The monoisotopic (exact) mass is 450 g/mol. The van der Waals surface area contributed by atoms with Crippen LogP contribution in [-0.4, -0.2) is 26.4 Å². The van der Waals surface area contributed by atoms with Gasteiger partial charge >= 0.3 is 0 Å². The highest BCUT2D eigenvalue weighted by atomic mass is 35.5. The SMILES string of the molecule is CCn1c(SCC(=O)Nc2ccc(Cl)cc2)nnc1[C@@H](C)Oc1ccccc1Cl. The van der Waals surface area contributed by atoms with Crippen molar-refractivity contribution in [2.24, 2.45) is 0 Å². The van der Waals surface area contributed by atoms with Gasteiger partial charge in [-0.3, -0.25) is 4.79 Å². The number of para-hydroxylation sites is 1. The molecule has 9 heteroatoms. The molecule has 0 fully saturated rings. The molecule has 1 aromatic heterocycles. The molecule has 0 saturated carbocycles. The molecular weight excluding hydrogens is 431 g/mol. The fraction of sp³-hybridized carbons (Fsp3) is 0.250. The Labute approximate surface area is 183 Å². The van der Waals surface area contributed by atoms with Crippen LogP contribution in [-0.2, 0) is 11.3 Å². The van der Waals surface area contributed by atoms with E-state index in [0.717, 1.165) is 0 Å². The van der Waals surface area contributed by atoms with Crippen molar-refractivity contribution in [2.45, 2.75) is 31.7 Å². The van der Waals surface area contributed by atoms with E-state index >= 15 is 0 Å². The number of nitrogens with zero attached hydrogens (tertiary/aromatic N) is 3. The zero-order valence-electron chi connectivity index (χ0n) is 15.9. The van der Waals surface area contributed by atoms with Gasteiger partial charge in [-0.05, 0) is 50.2 Å². The zero-order chi connectivity index (χ0) is 20.8. The van der Waals surface area contributed by atoms with Crippen molar-refractivity contribution in [3.63, 3.8) is 0 Å². The van der Waals surface area contributed by atoms with Crippen LogP contribution in [0.25, 0.3) is 0 Å². The molecule has 0 spiro atoms. The normalized spacial score (nSPS) is 11.9. The summed E-state index contributed by atoms with van der Waals surface area (Å²) in [5.41, 5.74) is 0.694. The van der Waals surface area contributed by atoms with Crippen molar-refractivity contribution in [3.8, 4) is 5.75 Å². The predicted octanol–water partition coefficient (Wildman–Crippen LogP) is 5.48. The van der Waals surface area contributed by atoms with E-state index < -0.39 is 0 Å². The first-order valence-corrected chi connectivity index (χ1v) is 10.7. The Kier molecular flexibility index (Phi) is 7.41. The second-order valence-electron chi connectivity index (χ2n) is 6.12. The third-order valence-corrected chi connectivity index (χ3v) is 5.56. The lowest BCUT2D eigenvalue weighted by atomic mass is 10.3. The predicted molar refractivity (Wildman–Crippen MR) is 117 cm³/mol. The number of halogens is 2. The molecule has 0 bridgehead atoms. The largest absolute Gasteiger partial charge is 0.481 e. The third-order valence-electron chi connectivity index (χ3n) is 4.03. The summed E-state index contributed by atoms with van der Waals surface area (Å²) in [6, 6.07) is 14.3. The maximum atomic E-state index is 12.2. The lowest BCUT2D eigenvalue weighted by Gasteiger charge is -2.16. The number of aromatic nitrogens is 3.